The second-order valence-electron chi connectivity index (χ2n) is 22.8. The van der Waals surface area contributed by atoms with Crippen LogP contribution in [-0.4, -0.2) is 26.9 Å². The van der Waals surface area contributed by atoms with E-state index in [4.69, 9.17) is 29.4 Å². The Morgan fingerprint density at radius 3 is 0.867 bits per heavy atom. The fourth-order valence-electron chi connectivity index (χ4n) is 10.7. The molecule has 0 heterocycles. The highest BCUT2D eigenvalue weighted by Gasteiger charge is 2.18. The van der Waals surface area contributed by atoms with Gasteiger partial charge in [0.2, 0.25) is 5.75 Å². The summed E-state index contributed by atoms with van der Waals surface area (Å²) < 4.78 is 32.1. The number of unbranched alkanes of at least 4 members (excludes halogenated alkanes) is 45. The number of ether oxygens (including phenoxy) is 5. The van der Waals surface area contributed by atoms with Crippen molar-refractivity contribution in [3.8, 4) is 28.7 Å². The Labute approximate surface area is 466 Å². The molecule has 0 aromatic heterocycles. The average Bonchev–Trinajstić information content (AvgIpc) is 3.43. The molecule has 0 fully saturated rings. The minimum Gasteiger partial charge on any atom is -0.497 e. The van der Waals surface area contributed by atoms with E-state index in [1.54, 1.807) is 7.11 Å². The number of hydrogen-bond acceptors (Lipinski definition) is 6. The highest BCUT2D eigenvalue weighted by Crippen LogP contribution is 2.40. The van der Waals surface area contributed by atoms with E-state index in [2.05, 4.69) is 32.9 Å². The lowest BCUT2D eigenvalue weighted by Crippen LogP contribution is -2.08. The van der Waals surface area contributed by atoms with Crippen molar-refractivity contribution in [1.82, 2.24) is 0 Å². The molecule has 0 spiro atoms. The van der Waals surface area contributed by atoms with Gasteiger partial charge in [0.05, 0.1) is 26.9 Å². The zero-order chi connectivity index (χ0) is 53.6. The van der Waals surface area contributed by atoms with Crippen molar-refractivity contribution in [3.05, 3.63) is 41.5 Å². The van der Waals surface area contributed by atoms with Gasteiger partial charge in [-0.25, -0.2) is 0 Å². The van der Waals surface area contributed by atoms with Gasteiger partial charge in [-0.15, -0.1) is 0 Å². The molecule has 0 radical (unpaired) electrons. The molecular weight excluding hydrogens is 923 g/mol. The second kappa shape index (κ2) is 53.4. The summed E-state index contributed by atoms with van der Waals surface area (Å²) in [4.78, 5) is 0. The molecule has 0 aliphatic carbocycles. The van der Waals surface area contributed by atoms with Crippen molar-refractivity contribution >= 4 is 0 Å². The van der Waals surface area contributed by atoms with Crippen LogP contribution < -0.4 is 29.4 Å². The van der Waals surface area contributed by atoms with Crippen molar-refractivity contribution in [2.75, 3.05) is 26.9 Å². The van der Waals surface area contributed by atoms with Crippen molar-refractivity contribution < 1.29 is 23.7 Å². The molecule has 0 atom stereocenters. The number of hydrogen-bond donors (Lipinski definition) is 1. The van der Waals surface area contributed by atoms with Gasteiger partial charge in [0.1, 0.15) is 18.1 Å². The first kappa shape index (κ1) is 68.5. The third-order valence-corrected chi connectivity index (χ3v) is 15.7. The molecule has 0 bridgehead atoms. The Morgan fingerprint density at radius 2 is 0.587 bits per heavy atom. The van der Waals surface area contributed by atoms with Gasteiger partial charge < -0.3 is 29.4 Å². The van der Waals surface area contributed by atoms with E-state index in [1.165, 1.54) is 289 Å². The van der Waals surface area contributed by atoms with E-state index < -0.39 is 0 Å². The molecule has 0 saturated carbocycles. The van der Waals surface area contributed by atoms with Crippen LogP contribution in [0.3, 0.4) is 0 Å². The normalized spacial score (nSPS) is 11.4. The quantitative estimate of drug-likeness (QED) is 0.0666. The zero-order valence-corrected chi connectivity index (χ0v) is 50.5. The van der Waals surface area contributed by atoms with Gasteiger partial charge in [0.15, 0.2) is 11.5 Å². The lowest BCUT2D eigenvalue weighted by Gasteiger charge is -2.19. The standard InChI is InChI=1S/C69H125NO5/c1-5-8-11-14-17-20-23-26-29-32-35-38-41-44-47-50-55-72-67-58-63(62-75-66-60-65(71-4)54-53-64(66)61-70)59-68(73-56-51-48-45-42-39-36-33-30-27-24-21-18-15-12-9-6-2)69(67)74-57-52-49-46-43-40-37-34-31-28-25-22-19-16-13-10-7-3/h53-54,58-60H,5-52,55-57,61-62,70H2,1-4H3. The Kier molecular flexibility index (Phi) is 48.8. The van der Waals surface area contributed by atoms with Crippen LogP contribution in [0.1, 0.15) is 340 Å². The average molecular weight is 1050 g/mol. The minimum absolute atomic E-state index is 0.365. The van der Waals surface area contributed by atoms with E-state index >= 15 is 0 Å². The van der Waals surface area contributed by atoms with E-state index in [0.29, 0.717) is 33.0 Å². The fourth-order valence-corrected chi connectivity index (χ4v) is 10.7. The minimum atomic E-state index is 0.365. The summed E-state index contributed by atoms with van der Waals surface area (Å²) >= 11 is 0. The number of rotatable bonds is 59. The molecule has 75 heavy (non-hydrogen) atoms. The summed E-state index contributed by atoms with van der Waals surface area (Å²) in [6.45, 7) is 9.68. The molecular formula is C69H125NO5. The molecule has 6 nitrogen and oxygen atoms in total. The molecule has 2 aromatic carbocycles. The Morgan fingerprint density at radius 1 is 0.307 bits per heavy atom. The van der Waals surface area contributed by atoms with Crippen molar-refractivity contribution in [2.24, 2.45) is 5.73 Å². The van der Waals surface area contributed by atoms with Crippen molar-refractivity contribution in [2.45, 2.75) is 342 Å². The Hall–Kier alpha value is -2.60. The van der Waals surface area contributed by atoms with Crippen LogP contribution in [0.4, 0.5) is 0 Å². The summed E-state index contributed by atoms with van der Waals surface area (Å²) in [7, 11) is 1.69. The van der Waals surface area contributed by atoms with Crippen LogP contribution in [0.5, 0.6) is 28.7 Å². The molecule has 2 aromatic rings. The van der Waals surface area contributed by atoms with E-state index in [0.717, 1.165) is 59.1 Å². The van der Waals surface area contributed by atoms with Crippen LogP contribution in [0, 0.1) is 0 Å². The maximum Gasteiger partial charge on any atom is 0.203 e. The summed E-state index contributed by atoms with van der Waals surface area (Å²) in [5.74, 6) is 3.81. The van der Waals surface area contributed by atoms with E-state index in [1.807, 2.05) is 18.2 Å². The summed E-state index contributed by atoms with van der Waals surface area (Å²) in [6, 6.07) is 10.1. The molecule has 2 rings (SSSR count). The third kappa shape index (κ3) is 40.3. The van der Waals surface area contributed by atoms with Gasteiger partial charge >= 0.3 is 0 Å². The molecule has 0 unspecified atom stereocenters. The van der Waals surface area contributed by atoms with Gasteiger partial charge in [0, 0.05) is 18.2 Å². The topological polar surface area (TPSA) is 72.2 Å². The highest BCUT2D eigenvalue weighted by atomic mass is 16.5. The monoisotopic (exact) mass is 1050 g/mol. The molecule has 6 heteroatoms. The maximum absolute atomic E-state index is 6.72. The highest BCUT2D eigenvalue weighted by molar-refractivity contribution is 5.54. The first-order valence-electron chi connectivity index (χ1n) is 33.2. The lowest BCUT2D eigenvalue weighted by molar-refractivity contribution is 0.232. The first-order chi connectivity index (χ1) is 37.2. The predicted octanol–water partition coefficient (Wildman–Crippen LogP) is 22.7. The fraction of sp³-hybridized carbons (Fsp3) is 0.826. The van der Waals surface area contributed by atoms with Crippen LogP contribution in [0.25, 0.3) is 0 Å². The third-order valence-electron chi connectivity index (χ3n) is 15.7. The summed E-state index contributed by atoms with van der Waals surface area (Å²) in [5, 5.41) is 0. The van der Waals surface area contributed by atoms with Crippen LogP contribution in [-0.2, 0) is 13.2 Å². The Balaban J connectivity index is 1.94. The summed E-state index contributed by atoms with van der Waals surface area (Å²) in [5.41, 5.74) is 8.10. The van der Waals surface area contributed by atoms with Gasteiger partial charge in [-0.1, -0.05) is 316 Å². The number of nitrogens with two attached hydrogens (primary N) is 1. The summed E-state index contributed by atoms with van der Waals surface area (Å²) in [6.07, 6.45) is 65.2. The second-order valence-corrected chi connectivity index (χ2v) is 22.8. The SMILES string of the molecule is CCCCCCCCCCCCCCCCCCOc1cc(COc2cc(OC)ccc2CN)cc(OCCCCCCCCCCCCCCCCCC)c1OCCCCCCCCCCCCCCCCCC. The molecule has 0 amide bonds. The molecule has 2 N–H and O–H groups in total. The molecule has 0 saturated heterocycles. The van der Waals surface area contributed by atoms with Gasteiger partial charge in [-0.2, -0.15) is 0 Å². The van der Waals surface area contributed by atoms with Crippen molar-refractivity contribution in [1.29, 1.82) is 0 Å². The van der Waals surface area contributed by atoms with Crippen LogP contribution in [0.15, 0.2) is 30.3 Å². The predicted molar refractivity (Wildman–Crippen MR) is 327 cm³/mol. The van der Waals surface area contributed by atoms with Gasteiger partial charge in [-0.05, 0) is 43.0 Å². The van der Waals surface area contributed by atoms with Crippen LogP contribution in [0.2, 0.25) is 0 Å². The van der Waals surface area contributed by atoms with E-state index in [-0.39, 0.29) is 0 Å². The smallest absolute Gasteiger partial charge is 0.203 e. The maximum atomic E-state index is 6.72. The van der Waals surface area contributed by atoms with Crippen molar-refractivity contribution in [3.63, 3.8) is 0 Å². The zero-order valence-electron chi connectivity index (χ0n) is 50.5. The van der Waals surface area contributed by atoms with Gasteiger partial charge in [0.25, 0.3) is 0 Å². The molecule has 0 aliphatic heterocycles. The van der Waals surface area contributed by atoms with E-state index in [9.17, 15) is 0 Å². The largest absolute Gasteiger partial charge is 0.497 e. The Bertz CT molecular complexity index is 1440. The lowest BCUT2D eigenvalue weighted by atomic mass is 10.0. The molecule has 436 valence electrons. The van der Waals surface area contributed by atoms with Crippen LogP contribution >= 0.6 is 0 Å². The number of methoxy groups -OCH3 is 1. The van der Waals surface area contributed by atoms with Gasteiger partial charge in [-0.3, -0.25) is 0 Å². The molecule has 0 aliphatic rings. The number of benzene rings is 2. The first-order valence-corrected chi connectivity index (χ1v) is 33.2.